The van der Waals surface area contributed by atoms with Gasteiger partial charge in [-0.25, -0.2) is 13.2 Å². The fourth-order valence-corrected chi connectivity index (χ4v) is 2.74. The maximum Gasteiger partial charge on any atom is 0.356 e. The van der Waals surface area contributed by atoms with Crippen molar-refractivity contribution in [2.24, 2.45) is 0 Å². The second-order valence-corrected chi connectivity index (χ2v) is 7.24. The first-order valence-corrected chi connectivity index (χ1v) is 8.86. The van der Waals surface area contributed by atoms with E-state index in [1.54, 1.807) is 6.07 Å². The van der Waals surface area contributed by atoms with E-state index in [4.69, 9.17) is 4.74 Å². The standard InChI is InChI=1S/C15H18N2O4S/c1-21-15(18)14-11-13(12-7-4-3-5-8-12)16-17(14)9-6-10-22(2,19)20/h3-5,7-8,11H,6,9-10H2,1-2H3. The van der Waals surface area contributed by atoms with Gasteiger partial charge in [-0.1, -0.05) is 30.3 Å². The first kappa shape index (κ1) is 16.2. The van der Waals surface area contributed by atoms with E-state index in [1.807, 2.05) is 30.3 Å². The predicted octanol–water partition coefficient (Wildman–Crippen LogP) is 1.77. The van der Waals surface area contributed by atoms with Crippen LogP contribution >= 0.6 is 0 Å². The Hall–Kier alpha value is -2.15. The van der Waals surface area contributed by atoms with Crippen molar-refractivity contribution >= 4 is 15.8 Å². The minimum atomic E-state index is -3.04. The lowest BCUT2D eigenvalue weighted by Crippen LogP contribution is -2.14. The molecular weight excluding hydrogens is 304 g/mol. The summed E-state index contributed by atoms with van der Waals surface area (Å²) in [5.74, 6) is -0.442. The minimum absolute atomic E-state index is 0.0497. The third kappa shape index (κ3) is 4.17. The van der Waals surface area contributed by atoms with Crippen LogP contribution in [-0.4, -0.2) is 43.3 Å². The zero-order valence-corrected chi connectivity index (χ0v) is 13.3. The molecule has 1 aromatic carbocycles. The van der Waals surface area contributed by atoms with Crippen molar-refractivity contribution < 1.29 is 17.9 Å². The zero-order valence-electron chi connectivity index (χ0n) is 12.5. The van der Waals surface area contributed by atoms with Crippen LogP contribution in [0.4, 0.5) is 0 Å². The average molecular weight is 322 g/mol. The second-order valence-electron chi connectivity index (χ2n) is 4.98. The van der Waals surface area contributed by atoms with E-state index >= 15 is 0 Å². The van der Waals surface area contributed by atoms with Gasteiger partial charge in [-0.3, -0.25) is 4.68 Å². The second kappa shape index (κ2) is 6.74. The highest BCUT2D eigenvalue weighted by molar-refractivity contribution is 7.90. The maximum absolute atomic E-state index is 11.8. The lowest BCUT2D eigenvalue weighted by atomic mass is 10.1. The van der Waals surface area contributed by atoms with Crippen LogP contribution in [0.25, 0.3) is 11.3 Å². The van der Waals surface area contributed by atoms with E-state index in [-0.39, 0.29) is 5.75 Å². The van der Waals surface area contributed by atoms with Gasteiger partial charge in [0.15, 0.2) is 0 Å². The van der Waals surface area contributed by atoms with Gasteiger partial charge >= 0.3 is 5.97 Å². The van der Waals surface area contributed by atoms with Crippen LogP contribution < -0.4 is 0 Å². The van der Waals surface area contributed by atoms with Gasteiger partial charge in [-0.15, -0.1) is 0 Å². The topological polar surface area (TPSA) is 78.3 Å². The molecule has 0 N–H and O–H groups in total. The summed E-state index contributed by atoms with van der Waals surface area (Å²) >= 11 is 0. The molecule has 0 atom stereocenters. The largest absolute Gasteiger partial charge is 0.464 e. The molecule has 2 rings (SSSR count). The lowest BCUT2D eigenvalue weighted by Gasteiger charge is -2.05. The highest BCUT2D eigenvalue weighted by Crippen LogP contribution is 2.19. The first-order valence-electron chi connectivity index (χ1n) is 6.80. The summed E-state index contributed by atoms with van der Waals surface area (Å²) in [6.07, 6.45) is 1.57. The Bertz CT molecular complexity index is 751. The van der Waals surface area contributed by atoms with Gasteiger partial charge in [0.1, 0.15) is 15.5 Å². The molecule has 0 amide bonds. The van der Waals surface area contributed by atoms with Crippen LogP contribution in [0.3, 0.4) is 0 Å². The number of nitrogens with zero attached hydrogens (tertiary/aromatic N) is 2. The van der Waals surface area contributed by atoms with Crippen LogP contribution in [0, 0.1) is 0 Å². The first-order chi connectivity index (χ1) is 10.4. The fraction of sp³-hybridized carbons (Fsp3) is 0.333. The van der Waals surface area contributed by atoms with Crippen LogP contribution in [0.5, 0.6) is 0 Å². The number of esters is 1. The number of benzene rings is 1. The Morgan fingerprint density at radius 3 is 2.55 bits per heavy atom. The van der Waals surface area contributed by atoms with E-state index < -0.39 is 15.8 Å². The van der Waals surface area contributed by atoms with E-state index in [1.165, 1.54) is 18.0 Å². The van der Waals surface area contributed by atoms with Crippen molar-refractivity contribution in [3.63, 3.8) is 0 Å². The van der Waals surface area contributed by atoms with Gasteiger partial charge in [-0.05, 0) is 12.5 Å². The number of carbonyl (C=O) groups is 1. The van der Waals surface area contributed by atoms with Gasteiger partial charge in [0.25, 0.3) is 0 Å². The monoisotopic (exact) mass is 322 g/mol. The molecule has 0 spiro atoms. The number of rotatable bonds is 6. The van der Waals surface area contributed by atoms with Crippen molar-refractivity contribution in [3.05, 3.63) is 42.1 Å². The number of ether oxygens (including phenoxy) is 1. The Balaban J connectivity index is 2.27. The van der Waals surface area contributed by atoms with Crippen molar-refractivity contribution in [2.75, 3.05) is 19.1 Å². The number of carbonyl (C=O) groups excluding carboxylic acids is 1. The van der Waals surface area contributed by atoms with Gasteiger partial charge in [0, 0.05) is 18.4 Å². The molecule has 118 valence electrons. The molecule has 1 heterocycles. The van der Waals surface area contributed by atoms with Crippen LogP contribution in [0.2, 0.25) is 0 Å². The smallest absolute Gasteiger partial charge is 0.356 e. The van der Waals surface area contributed by atoms with E-state index in [0.29, 0.717) is 24.4 Å². The van der Waals surface area contributed by atoms with E-state index in [2.05, 4.69) is 5.10 Å². The molecule has 0 aliphatic heterocycles. The molecule has 1 aromatic heterocycles. The molecule has 0 fully saturated rings. The number of hydrogen-bond donors (Lipinski definition) is 0. The molecule has 22 heavy (non-hydrogen) atoms. The van der Waals surface area contributed by atoms with Crippen molar-refractivity contribution in [1.82, 2.24) is 9.78 Å². The van der Waals surface area contributed by atoms with Gasteiger partial charge in [-0.2, -0.15) is 5.10 Å². The summed E-state index contributed by atoms with van der Waals surface area (Å²) in [5.41, 5.74) is 1.85. The van der Waals surface area contributed by atoms with Crippen molar-refractivity contribution in [2.45, 2.75) is 13.0 Å². The average Bonchev–Trinajstić information content (AvgIpc) is 2.90. The summed E-state index contributed by atoms with van der Waals surface area (Å²) in [4.78, 5) is 11.8. The van der Waals surface area contributed by atoms with E-state index in [9.17, 15) is 13.2 Å². The van der Waals surface area contributed by atoms with Crippen LogP contribution in [-0.2, 0) is 21.1 Å². The molecule has 0 aliphatic carbocycles. The lowest BCUT2D eigenvalue weighted by molar-refractivity contribution is 0.0586. The van der Waals surface area contributed by atoms with Crippen molar-refractivity contribution in [3.8, 4) is 11.3 Å². The van der Waals surface area contributed by atoms with Crippen LogP contribution in [0.1, 0.15) is 16.9 Å². The molecule has 2 aromatic rings. The number of methoxy groups -OCH3 is 1. The molecule has 0 saturated carbocycles. The number of aryl methyl sites for hydroxylation is 1. The number of aromatic nitrogens is 2. The fourth-order valence-electron chi connectivity index (χ4n) is 2.08. The number of sulfone groups is 1. The quantitative estimate of drug-likeness (QED) is 0.757. The Morgan fingerprint density at radius 2 is 1.95 bits per heavy atom. The molecule has 0 bridgehead atoms. The SMILES string of the molecule is COC(=O)c1cc(-c2ccccc2)nn1CCCS(C)(=O)=O. The molecule has 7 heteroatoms. The highest BCUT2D eigenvalue weighted by atomic mass is 32.2. The molecule has 0 radical (unpaired) electrons. The minimum Gasteiger partial charge on any atom is -0.464 e. The molecule has 0 unspecified atom stereocenters. The predicted molar refractivity (Wildman–Crippen MR) is 83.3 cm³/mol. The van der Waals surface area contributed by atoms with Crippen LogP contribution in [0.15, 0.2) is 36.4 Å². The van der Waals surface area contributed by atoms with E-state index in [0.717, 1.165) is 5.56 Å². The molecule has 6 nitrogen and oxygen atoms in total. The normalized spacial score (nSPS) is 11.4. The van der Waals surface area contributed by atoms with Gasteiger partial charge < -0.3 is 4.74 Å². The zero-order chi connectivity index (χ0) is 16.2. The summed E-state index contributed by atoms with van der Waals surface area (Å²) in [6.45, 7) is 0.338. The third-order valence-electron chi connectivity index (χ3n) is 3.13. The molecule has 0 aliphatic rings. The maximum atomic E-state index is 11.8. The summed E-state index contributed by atoms with van der Waals surface area (Å²) in [5, 5.41) is 4.39. The van der Waals surface area contributed by atoms with Gasteiger partial charge in [0.05, 0.1) is 18.6 Å². The Kier molecular flexibility index (Phi) is 4.97. The summed E-state index contributed by atoms with van der Waals surface area (Å²) in [7, 11) is -1.73. The molecular formula is C15H18N2O4S. The molecule has 0 saturated heterocycles. The number of hydrogen-bond acceptors (Lipinski definition) is 5. The third-order valence-corrected chi connectivity index (χ3v) is 4.16. The van der Waals surface area contributed by atoms with Gasteiger partial charge in [0.2, 0.25) is 0 Å². The summed E-state index contributed by atoms with van der Waals surface area (Å²) < 4.78 is 28.7. The van der Waals surface area contributed by atoms with Crippen molar-refractivity contribution in [1.29, 1.82) is 0 Å². The Labute approximate surface area is 129 Å². The highest BCUT2D eigenvalue weighted by Gasteiger charge is 2.17. The Morgan fingerprint density at radius 1 is 1.27 bits per heavy atom. The summed E-state index contributed by atoms with van der Waals surface area (Å²) in [6, 6.07) is 11.1.